The molecule has 0 fully saturated rings. The summed E-state index contributed by atoms with van der Waals surface area (Å²) in [5.41, 5.74) is 1.41. The molecule has 0 bridgehead atoms. The van der Waals surface area contributed by atoms with Gasteiger partial charge >= 0.3 is 0 Å². The average molecular weight is 214 g/mol. The van der Waals surface area contributed by atoms with E-state index >= 15 is 0 Å². The van der Waals surface area contributed by atoms with E-state index in [9.17, 15) is 10.1 Å². The van der Waals surface area contributed by atoms with Crippen molar-refractivity contribution in [2.24, 2.45) is 0 Å². The number of aromatic nitrogens is 3. The molecule has 2 aromatic carbocycles. The molecule has 0 saturated heterocycles. The lowest BCUT2D eigenvalue weighted by molar-refractivity contribution is -0.383. The van der Waals surface area contributed by atoms with Crippen LogP contribution in [0.3, 0.4) is 0 Å². The van der Waals surface area contributed by atoms with Gasteiger partial charge in [-0.05, 0) is 17.5 Å². The molecule has 0 spiro atoms. The van der Waals surface area contributed by atoms with E-state index in [1.807, 2.05) is 6.07 Å². The normalized spacial score (nSPS) is 11.0. The molecule has 0 saturated carbocycles. The van der Waals surface area contributed by atoms with Crippen LogP contribution in [-0.2, 0) is 0 Å². The number of hydrogen-bond acceptors (Lipinski definition) is 4. The molecule has 0 aliphatic carbocycles. The first-order valence-corrected chi connectivity index (χ1v) is 4.63. The van der Waals surface area contributed by atoms with Crippen molar-refractivity contribution < 1.29 is 4.92 Å². The van der Waals surface area contributed by atoms with E-state index in [1.165, 1.54) is 6.07 Å². The highest BCUT2D eigenvalue weighted by atomic mass is 16.6. The molecule has 1 aromatic heterocycles. The third-order valence-corrected chi connectivity index (χ3v) is 2.49. The van der Waals surface area contributed by atoms with Gasteiger partial charge in [-0.1, -0.05) is 12.1 Å². The molecule has 0 unspecified atom stereocenters. The zero-order valence-corrected chi connectivity index (χ0v) is 8.04. The Morgan fingerprint density at radius 2 is 1.94 bits per heavy atom. The number of non-ortho nitro benzene ring substituents is 1. The number of hydrogen-bond donors (Lipinski definition) is 1. The predicted octanol–water partition coefficient (Wildman–Crippen LogP) is 2.02. The number of benzene rings is 2. The molecule has 1 N–H and O–H groups in total. The summed E-state index contributed by atoms with van der Waals surface area (Å²) in [6, 6.07) is 8.41. The van der Waals surface area contributed by atoms with Crippen LogP contribution >= 0.6 is 0 Å². The maximum atomic E-state index is 10.9. The third-order valence-electron chi connectivity index (χ3n) is 2.49. The first-order chi connectivity index (χ1) is 7.75. The smallest absolute Gasteiger partial charge is 0.258 e. The number of rotatable bonds is 1. The van der Waals surface area contributed by atoms with E-state index in [1.54, 1.807) is 18.2 Å². The molecule has 1 heterocycles. The van der Waals surface area contributed by atoms with Gasteiger partial charge < -0.3 is 0 Å². The summed E-state index contributed by atoms with van der Waals surface area (Å²) in [6.07, 6.45) is 0. The van der Waals surface area contributed by atoms with E-state index in [0.717, 1.165) is 5.39 Å². The number of nitrogens with one attached hydrogen (secondary N) is 1. The third kappa shape index (κ3) is 1.13. The van der Waals surface area contributed by atoms with E-state index in [2.05, 4.69) is 15.4 Å². The Bertz CT molecular complexity index is 704. The Morgan fingerprint density at radius 1 is 1.19 bits per heavy atom. The fraction of sp³-hybridized carbons (Fsp3) is 0. The zero-order valence-electron chi connectivity index (χ0n) is 8.04. The molecule has 0 aliphatic heterocycles. The SMILES string of the molecule is O=[N+]([O-])c1cccc2cc3n[nH]nc3cc12. The molecule has 6 nitrogen and oxygen atoms in total. The van der Waals surface area contributed by atoms with Crippen LogP contribution in [0.2, 0.25) is 0 Å². The van der Waals surface area contributed by atoms with Crippen molar-refractivity contribution in [1.29, 1.82) is 0 Å². The summed E-state index contributed by atoms with van der Waals surface area (Å²) in [7, 11) is 0. The van der Waals surface area contributed by atoms with Crippen LogP contribution in [0.15, 0.2) is 30.3 Å². The van der Waals surface area contributed by atoms with Crippen molar-refractivity contribution in [2.75, 3.05) is 0 Å². The molecule has 0 aliphatic rings. The highest BCUT2D eigenvalue weighted by molar-refractivity contribution is 5.99. The largest absolute Gasteiger partial charge is 0.277 e. The van der Waals surface area contributed by atoms with Gasteiger partial charge in [0.05, 0.1) is 10.3 Å². The lowest BCUT2D eigenvalue weighted by atomic mass is 10.1. The van der Waals surface area contributed by atoms with Crippen LogP contribution in [0, 0.1) is 10.1 Å². The highest BCUT2D eigenvalue weighted by Crippen LogP contribution is 2.27. The van der Waals surface area contributed by atoms with E-state index in [0.29, 0.717) is 16.4 Å². The molecule has 78 valence electrons. The maximum absolute atomic E-state index is 10.9. The Kier molecular flexibility index (Phi) is 1.64. The number of aromatic amines is 1. The first kappa shape index (κ1) is 8.78. The van der Waals surface area contributed by atoms with Crippen molar-refractivity contribution in [3.63, 3.8) is 0 Å². The summed E-state index contributed by atoms with van der Waals surface area (Å²) in [4.78, 5) is 10.5. The van der Waals surface area contributed by atoms with Crippen molar-refractivity contribution in [2.45, 2.75) is 0 Å². The number of nitrogens with zero attached hydrogens (tertiary/aromatic N) is 3. The first-order valence-electron chi connectivity index (χ1n) is 4.63. The average Bonchev–Trinajstić information content (AvgIpc) is 2.71. The Morgan fingerprint density at radius 3 is 2.69 bits per heavy atom. The van der Waals surface area contributed by atoms with E-state index in [-0.39, 0.29) is 5.69 Å². The predicted molar refractivity (Wildman–Crippen MR) is 58.0 cm³/mol. The Labute approximate surface area is 89.0 Å². The lowest BCUT2D eigenvalue weighted by Crippen LogP contribution is -1.89. The van der Waals surface area contributed by atoms with Crippen molar-refractivity contribution in [1.82, 2.24) is 15.4 Å². The fourth-order valence-electron chi connectivity index (χ4n) is 1.76. The minimum absolute atomic E-state index is 0.0856. The van der Waals surface area contributed by atoms with Gasteiger partial charge in [-0.15, -0.1) is 0 Å². The summed E-state index contributed by atoms with van der Waals surface area (Å²) in [5, 5.41) is 22.6. The second-order valence-corrected chi connectivity index (χ2v) is 3.42. The van der Waals surface area contributed by atoms with Crippen molar-refractivity contribution in [3.05, 3.63) is 40.4 Å². The van der Waals surface area contributed by atoms with Crippen LogP contribution in [0.5, 0.6) is 0 Å². The summed E-state index contributed by atoms with van der Waals surface area (Å²) < 4.78 is 0. The van der Waals surface area contributed by atoms with Gasteiger partial charge in [0, 0.05) is 6.07 Å². The van der Waals surface area contributed by atoms with Gasteiger partial charge in [0.2, 0.25) is 0 Å². The minimum Gasteiger partial charge on any atom is -0.258 e. The Hall–Kier alpha value is -2.50. The second kappa shape index (κ2) is 2.99. The van der Waals surface area contributed by atoms with E-state index in [4.69, 9.17) is 0 Å². The van der Waals surface area contributed by atoms with Gasteiger partial charge in [-0.2, -0.15) is 15.4 Å². The second-order valence-electron chi connectivity index (χ2n) is 3.42. The topological polar surface area (TPSA) is 84.7 Å². The molecular formula is C10H6N4O2. The fourth-order valence-corrected chi connectivity index (χ4v) is 1.76. The zero-order chi connectivity index (χ0) is 11.1. The Balaban J connectivity index is 2.49. The molecule has 16 heavy (non-hydrogen) atoms. The lowest BCUT2D eigenvalue weighted by Gasteiger charge is -1.98. The summed E-state index contributed by atoms with van der Waals surface area (Å²) >= 11 is 0. The van der Waals surface area contributed by atoms with Gasteiger partial charge in [0.1, 0.15) is 11.0 Å². The van der Waals surface area contributed by atoms with Crippen LogP contribution in [0.4, 0.5) is 5.69 Å². The molecule has 0 radical (unpaired) electrons. The summed E-state index contributed by atoms with van der Waals surface area (Å²) in [6.45, 7) is 0. The van der Waals surface area contributed by atoms with Crippen molar-refractivity contribution >= 4 is 27.5 Å². The van der Waals surface area contributed by atoms with Gasteiger partial charge in [-0.3, -0.25) is 10.1 Å². The van der Waals surface area contributed by atoms with Gasteiger partial charge in [0.15, 0.2) is 0 Å². The van der Waals surface area contributed by atoms with Crippen molar-refractivity contribution in [3.8, 4) is 0 Å². The molecule has 6 heteroatoms. The molecular weight excluding hydrogens is 208 g/mol. The highest BCUT2D eigenvalue weighted by Gasteiger charge is 2.12. The van der Waals surface area contributed by atoms with Gasteiger partial charge in [-0.25, -0.2) is 0 Å². The molecule has 3 rings (SSSR count). The number of nitro groups is 1. The number of fused-ring (bicyclic) bond motifs is 2. The minimum atomic E-state index is -0.395. The molecule has 0 amide bonds. The van der Waals surface area contributed by atoms with Crippen LogP contribution in [0.25, 0.3) is 21.8 Å². The summed E-state index contributed by atoms with van der Waals surface area (Å²) in [5.74, 6) is 0. The molecule has 0 atom stereocenters. The number of H-pyrrole nitrogens is 1. The van der Waals surface area contributed by atoms with Crippen LogP contribution in [0.1, 0.15) is 0 Å². The quantitative estimate of drug-likeness (QED) is 0.496. The maximum Gasteiger partial charge on any atom is 0.277 e. The van der Waals surface area contributed by atoms with Gasteiger partial charge in [0.25, 0.3) is 5.69 Å². The van der Waals surface area contributed by atoms with E-state index < -0.39 is 4.92 Å². The monoisotopic (exact) mass is 214 g/mol. The standard InChI is InChI=1S/C10H6N4O2/c15-14(16)10-3-1-2-6-4-8-9(5-7(6)10)12-13-11-8/h1-5H,(H,11,12,13). The van der Waals surface area contributed by atoms with Crippen LogP contribution in [-0.4, -0.2) is 20.3 Å². The molecule has 3 aromatic rings. The number of nitro benzene ring substituents is 1. The van der Waals surface area contributed by atoms with Crippen LogP contribution < -0.4 is 0 Å².